The van der Waals surface area contributed by atoms with Gasteiger partial charge in [0.25, 0.3) is 0 Å². The van der Waals surface area contributed by atoms with Crippen LogP contribution in [0.15, 0.2) is 53.0 Å². The maximum atomic E-state index is 13.5. The largest absolute Gasteiger partial charge is 0.354 e. The highest BCUT2D eigenvalue weighted by molar-refractivity contribution is 9.10. The third kappa shape index (κ3) is 8.47. The maximum Gasteiger partial charge on any atom is 0.244 e. The number of anilines is 1. The minimum atomic E-state index is -3.87. The molecule has 8 nitrogen and oxygen atoms in total. The Morgan fingerprint density at radius 3 is 2.26 bits per heavy atom. The minimum absolute atomic E-state index is 0.111. The Morgan fingerprint density at radius 2 is 1.69 bits per heavy atom. The number of carbonyl (C=O) groups excluding carboxylic acids is 3. The van der Waals surface area contributed by atoms with Gasteiger partial charge in [-0.05, 0) is 49.6 Å². The summed E-state index contributed by atoms with van der Waals surface area (Å²) in [5.41, 5.74) is 1.31. The first-order valence-electron chi connectivity index (χ1n) is 11.2. The molecule has 0 bridgehead atoms. The molecule has 0 saturated heterocycles. The van der Waals surface area contributed by atoms with Gasteiger partial charge in [-0.3, -0.25) is 18.7 Å². The predicted octanol–water partition coefficient (Wildman–Crippen LogP) is 3.61. The summed E-state index contributed by atoms with van der Waals surface area (Å²) in [6.45, 7) is 6.98. The fourth-order valence-electron chi connectivity index (χ4n) is 3.36. The van der Waals surface area contributed by atoms with Crippen molar-refractivity contribution in [2.75, 3.05) is 23.7 Å². The van der Waals surface area contributed by atoms with Crippen molar-refractivity contribution in [3.8, 4) is 0 Å². The Bertz CT molecular complexity index is 1180. The van der Waals surface area contributed by atoms with Crippen LogP contribution < -0.4 is 9.62 Å². The maximum absolute atomic E-state index is 13.5. The number of carbonyl (C=O) groups is 3. The van der Waals surface area contributed by atoms with E-state index in [1.807, 2.05) is 38.1 Å². The van der Waals surface area contributed by atoms with E-state index in [1.54, 1.807) is 19.1 Å². The lowest BCUT2D eigenvalue weighted by Crippen LogP contribution is -2.51. The Morgan fingerprint density at radius 1 is 1.03 bits per heavy atom. The van der Waals surface area contributed by atoms with Crippen molar-refractivity contribution in [3.63, 3.8) is 0 Å². The van der Waals surface area contributed by atoms with Gasteiger partial charge < -0.3 is 10.2 Å². The topological polar surface area (TPSA) is 104 Å². The fraction of sp³-hybridized carbons (Fsp3) is 0.400. The molecule has 0 saturated carbocycles. The number of hydrogen-bond donors (Lipinski definition) is 1. The van der Waals surface area contributed by atoms with Crippen LogP contribution in [0.25, 0.3) is 0 Å². The number of halogens is 1. The van der Waals surface area contributed by atoms with E-state index in [0.717, 1.165) is 20.6 Å². The smallest absolute Gasteiger partial charge is 0.244 e. The predicted molar refractivity (Wildman–Crippen MR) is 141 cm³/mol. The monoisotopic (exact) mass is 565 g/mol. The van der Waals surface area contributed by atoms with Crippen molar-refractivity contribution in [1.82, 2.24) is 10.2 Å². The minimum Gasteiger partial charge on any atom is -0.354 e. The van der Waals surface area contributed by atoms with E-state index < -0.39 is 28.5 Å². The average Bonchev–Trinajstić information content (AvgIpc) is 2.78. The van der Waals surface area contributed by atoms with Gasteiger partial charge in [0.15, 0.2) is 5.78 Å². The molecule has 35 heavy (non-hydrogen) atoms. The zero-order valence-corrected chi connectivity index (χ0v) is 23.0. The lowest BCUT2D eigenvalue weighted by molar-refractivity contribution is -0.139. The van der Waals surface area contributed by atoms with Gasteiger partial charge in [-0.25, -0.2) is 8.42 Å². The SMILES string of the molecule is CC(=O)c1cccc(N(CC(=O)N(Cc2cccc(Br)c2)C(C)C(=O)NCC(C)C)S(C)(=O)=O)c1. The van der Waals surface area contributed by atoms with Crippen LogP contribution in [0.5, 0.6) is 0 Å². The Labute approximate surface area is 215 Å². The van der Waals surface area contributed by atoms with Crippen LogP contribution in [0, 0.1) is 5.92 Å². The molecule has 0 aliphatic carbocycles. The molecule has 0 aromatic heterocycles. The number of amides is 2. The fourth-order valence-corrected chi connectivity index (χ4v) is 4.65. The van der Waals surface area contributed by atoms with Gasteiger partial charge in [-0.2, -0.15) is 0 Å². The summed E-state index contributed by atoms with van der Waals surface area (Å²) in [5.74, 6) is -0.865. The van der Waals surface area contributed by atoms with Crippen molar-refractivity contribution in [1.29, 1.82) is 0 Å². The van der Waals surface area contributed by atoms with Crippen LogP contribution in [0.3, 0.4) is 0 Å². The summed E-state index contributed by atoms with van der Waals surface area (Å²) in [7, 11) is -3.87. The Balaban J connectivity index is 2.41. The molecule has 2 aromatic carbocycles. The second-order valence-corrected chi connectivity index (χ2v) is 11.7. The summed E-state index contributed by atoms with van der Waals surface area (Å²) in [6.07, 6.45) is 0.998. The first kappa shape index (κ1) is 28.5. The van der Waals surface area contributed by atoms with Crippen molar-refractivity contribution in [2.24, 2.45) is 5.92 Å². The summed E-state index contributed by atoms with van der Waals surface area (Å²) >= 11 is 3.41. The molecule has 1 unspecified atom stereocenters. The Hall–Kier alpha value is -2.72. The molecule has 0 radical (unpaired) electrons. The quantitative estimate of drug-likeness (QED) is 0.419. The number of sulfonamides is 1. The molecule has 10 heteroatoms. The summed E-state index contributed by atoms with van der Waals surface area (Å²) in [4.78, 5) is 39.5. The third-order valence-electron chi connectivity index (χ3n) is 5.31. The summed E-state index contributed by atoms with van der Waals surface area (Å²) in [6, 6.07) is 12.6. The summed E-state index contributed by atoms with van der Waals surface area (Å²) in [5, 5.41) is 2.84. The van der Waals surface area contributed by atoms with Crippen LogP contribution in [0.4, 0.5) is 5.69 Å². The molecule has 0 aliphatic rings. The standard InChI is InChI=1S/C25H32BrN3O5S/c1-17(2)14-27-25(32)18(3)28(15-20-8-6-10-22(26)12-20)24(31)16-29(35(5,33)34)23-11-7-9-21(13-23)19(4)30/h6-13,17-18H,14-16H2,1-5H3,(H,27,32). The van der Waals surface area contributed by atoms with E-state index in [4.69, 9.17) is 0 Å². The van der Waals surface area contributed by atoms with Gasteiger partial charge in [-0.15, -0.1) is 0 Å². The molecule has 0 fully saturated rings. The van der Waals surface area contributed by atoms with Crippen molar-refractivity contribution in [2.45, 2.75) is 40.3 Å². The highest BCUT2D eigenvalue weighted by atomic mass is 79.9. The number of rotatable bonds is 11. The molecule has 0 heterocycles. The van der Waals surface area contributed by atoms with Crippen LogP contribution in [0.1, 0.15) is 43.6 Å². The van der Waals surface area contributed by atoms with E-state index in [1.165, 1.54) is 24.0 Å². The molecule has 0 spiro atoms. The number of nitrogens with one attached hydrogen (secondary N) is 1. The van der Waals surface area contributed by atoms with Crippen LogP contribution >= 0.6 is 15.9 Å². The van der Waals surface area contributed by atoms with E-state index in [9.17, 15) is 22.8 Å². The second-order valence-electron chi connectivity index (χ2n) is 8.84. The molecule has 190 valence electrons. The highest BCUT2D eigenvalue weighted by Gasteiger charge is 2.30. The van der Waals surface area contributed by atoms with Gasteiger partial charge in [0, 0.05) is 23.1 Å². The number of Topliss-reactive ketones (excluding diaryl/α,β-unsaturated/α-hetero) is 1. The molecule has 0 aliphatic heterocycles. The number of nitrogens with zero attached hydrogens (tertiary/aromatic N) is 2. The van der Waals surface area contributed by atoms with Crippen LogP contribution in [0.2, 0.25) is 0 Å². The first-order valence-corrected chi connectivity index (χ1v) is 13.8. The second kappa shape index (κ2) is 12.3. The molecule has 2 aromatic rings. The lowest BCUT2D eigenvalue weighted by Gasteiger charge is -2.31. The van der Waals surface area contributed by atoms with Crippen molar-refractivity contribution < 1.29 is 22.8 Å². The highest BCUT2D eigenvalue weighted by Crippen LogP contribution is 2.21. The average molecular weight is 567 g/mol. The first-order chi connectivity index (χ1) is 16.3. The van der Waals surface area contributed by atoms with Gasteiger partial charge in [0.05, 0.1) is 11.9 Å². The van der Waals surface area contributed by atoms with E-state index in [0.29, 0.717) is 12.1 Å². The van der Waals surface area contributed by atoms with Gasteiger partial charge in [0.1, 0.15) is 12.6 Å². The number of hydrogen-bond acceptors (Lipinski definition) is 5. The number of ketones is 1. The normalized spacial score (nSPS) is 12.2. The zero-order chi connectivity index (χ0) is 26.3. The molecule has 2 amide bonds. The van der Waals surface area contributed by atoms with E-state index in [-0.39, 0.29) is 29.8 Å². The zero-order valence-electron chi connectivity index (χ0n) is 20.6. The lowest BCUT2D eigenvalue weighted by atomic mass is 10.1. The summed E-state index contributed by atoms with van der Waals surface area (Å²) < 4.78 is 27.1. The molecule has 1 atom stereocenters. The van der Waals surface area contributed by atoms with Gasteiger partial charge in [-0.1, -0.05) is 54.0 Å². The van der Waals surface area contributed by atoms with Gasteiger partial charge >= 0.3 is 0 Å². The van der Waals surface area contributed by atoms with Crippen molar-refractivity contribution in [3.05, 3.63) is 64.1 Å². The third-order valence-corrected chi connectivity index (χ3v) is 6.95. The van der Waals surface area contributed by atoms with Crippen molar-refractivity contribution >= 4 is 49.2 Å². The van der Waals surface area contributed by atoms with Gasteiger partial charge in [0.2, 0.25) is 21.8 Å². The van der Waals surface area contributed by atoms with Crippen LogP contribution in [-0.2, 0) is 26.2 Å². The van der Waals surface area contributed by atoms with Crippen LogP contribution in [-0.4, -0.2) is 56.3 Å². The molecule has 2 rings (SSSR count). The van der Waals surface area contributed by atoms with E-state index >= 15 is 0 Å². The molecular weight excluding hydrogens is 534 g/mol. The molecular formula is C25H32BrN3O5S. The molecule has 1 N–H and O–H groups in total. The van der Waals surface area contributed by atoms with E-state index in [2.05, 4.69) is 21.2 Å². The Kier molecular flexibility index (Phi) is 10.0. The number of benzene rings is 2.